The van der Waals surface area contributed by atoms with Crippen molar-refractivity contribution in [3.05, 3.63) is 52.3 Å². The third-order valence-corrected chi connectivity index (χ3v) is 7.62. The molecule has 1 fully saturated rings. The van der Waals surface area contributed by atoms with E-state index in [1.54, 1.807) is 13.0 Å². The van der Waals surface area contributed by atoms with Crippen LogP contribution in [0.1, 0.15) is 34.6 Å². The number of thiophene rings is 1. The van der Waals surface area contributed by atoms with E-state index >= 15 is 0 Å². The molecule has 10 nitrogen and oxygen atoms in total. The molecule has 0 aromatic carbocycles. The molecule has 0 radical (unpaired) electrons. The lowest BCUT2D eigenvalue weighted by molar-refractivity contribution is -0.114. The SMILES string of the molecule is C=C(/C=C1/OCO/C1=C/C)[C@@H](CS(=O)(=O)N(C)C)N1C(=O)c2csc(NC(C)=O)c2C1=O. The molecular weight excluding hydrogens is 458 g/mol. The first-order chi connectivity index (χ1) is 15.0. The maximum absolute atomic E-state index is 13.3. The molecule has 2 aliphatic heterocycles. The van der Waals surface area contributed by atoms with Crippen LogP contribution in [0.25, 0.3) is 0 Å². The van der Waals surface area contributed by atoms with Crippen molar-refractivity contribution in [2.45, 2.75) is 19.9 Å². The van der Waals surface area contributed by atoms with Gasteiger partial charge >= 0.3 is 0 Å². The van der Waals surface area contributed by atoms with Crippen LogP contribution >= 0.6 is 11.3 Å². The van der Waals surface area contributed by atoms with Gasteiger partial charge in [-0.2, -0.15) is 0 Å². The van der Waals surface area contributed by atoms with E-state index in [2.05, 4.69) is 11.9 Å². The molecule has 3 amide bonds. The van der Waals surface area contributed by atoms with Crippen molar-refractivity contribution in [2.24, 2.45) is 0 Å². The fraction of sp³-hybridized carbons (Fsp3) is 0.350. The van der Waals surface area contributed by atoms with E-state index < -0.39 is 39.5 Å². The van der Waals surface area contributed by atoms with Gasteiger partial charge in [0, 0.05) is 26.4 Å². The number of sulfonamides is 1. The first kappa shape index (κ1) is 23.7. The number of carbonyl (C=O) groups is 3. The predicted molar refractivity (Wildman–Crippen MR) is 118 cm³/mol. The van der Waals surface area contributed by atoms with Gasteiger partial charge in [0.25, 0.3) is 11.8 Å². The maximum Gasteiger partial charge on any atom is 0.265 e. The van der Waals surface area contributed by atoms with Crippen LogP contribution in [0.4, 0.5) is 5.00 Å². The average molecular weight is 482 g/mol. The van der Waals surface area contributed by atoms with Gasteiger partial charge in [0.1, 0.15) is 5.00 Å². The average Bonchev–Trinajstić information content (AvgIpc) is 3.38. The normalized spacial score (nSPS) is 19.3. The zero-order chi connectivity index (χ0) is 23.8. The van der Waals surface area contributed by atoms with E-state index in [0.717, 1.165) is 20.5 Å². The lowest BCUT2D eigenvalue weighted by Crippen LogP contribution is -2.46. The highest BCUT2D eigenvalue weighted by Gasteiger charge is 2.45. The van der Waals surface area contributed by atoms with Crippen LogP contribution in [0, 0.1) is 0 Å². The third-order valence-electron chi connectivity index (χ3n) is 4.88. The predicted octanol–water partition coefficient (Wildman–Crippen LogP) is 1.91. The van der Waals surface area contributed by atoms with E-state index in [1.165, 1.54) is 32.5 Å². The second-order valence-electron chi connectivity index (χ2n) is 7.23. The Morgan fingerprint density at radius 1 is 1.31 bits per heavy atom. The minimum absolute atomic E-state index is 0.0158. The minimum atomic E-state index is -3.84. The summed E-state index contributed by atoms with van der Waals surface area (Å²) in [6.07, 6.45) is 3.12. The van der Waals surface area contributed by atoms with Crippen LogP contribution in [0.15, 0.2) is 41.2 Å². The van der Waals surface area contributed by atoms with E-state index in [4.69, 9.17) is 9.47 Å². The molecule has 172 valence electrons. The largest absolute Gasteiger partial charge is 0.454 e. The van der Waals surface area contributed by atoms with E-state index in [-0.39, 0.29) is 28.5 Å². The molecule has 32 heavy (non-hydrogen) atoms. The Morgan fingerprint density at radius 3 is 2.56 bits per heavy atom. The van der Waals surface area contributed by atoms with Crippen molar-refractivity contribution in [3.8, 4) is 0 Å². The molecule has 0 spiro atoms. The lowest BCUT2D eigenvalue weighted by atomic mass is 10.1. The first-order valence-corrected chi connectivity index (χ1v) is 12.0. The summed E-state index contributed by atoms with van der Waals surface area (Å²) in [7, 11) is -1.12. The maximum atomic E-state index is 13.3. The summed E-state index contributed by atoms with van der Waals surface area (Å²) in [4.78, 5) is 38.7. The Hall–Kier alpha value is -2.96. The summed E-state index contributed by atoms with van der Waals surface area (Å²) in [5, 5.41) is 4.23. The summed E-state index contributed by atoms with van der Waals surface area (Å²) < 4.78 is 37.1. The minimum Gasteiger partial charge on any atom is -0.454 e. The Labute approximate surface area is 189 Å². The van der Waals surface area contributed by atoms with Crippen molar-refractivity contribution in [1.29, 1.82) is 0 Å². The van der Waals surface area contributed by atoms with E-state index in [1.807, 2.05) is 0 Å². The van der Waals surface area contributed by atoms with Gasteiger partial charge in [-0.1, -0.05) is 6.58 Å². The molecule has 12 heteroatoms. The second-order valence-corrected chi connectivity index (χ2v) is 10.3. The highest BCUT2D eigenvalue weighted by molar-refractivity contribution is 7.89. The number of allylic oxidation sites excluding steroid dienone is 1. The fourth-order valence-electron chi connectivity index (χ4n) is 3.20. The summed E-state index contributed by atoms with van der Waals surface area (Å²) in [6, 6.07) is -1.21. The van der Waals surface area contributed by atoms with Gasteiger partial charge in [0.05, 0.1) is 22.9 Å². The number of carbonyl (C=O) groups excluding carboxylic acids is 3. The quantitative estimate of drug-likeness (QED) is 0.590. The van der Waals surface area contributed by atoms with Crippen LogP contribution < -0.4 is 5.32 Å². The molecule has 2 aliphatic rings. The van der Waals surface area contributed by atoms with Crippen molar-refractivity contribution in [2.75, 3.05) is 32.0 Å². The molecule has 0 saturated carbocycles. The van der Waals surface area contributed by atoms with Crippen LogP contribution in [-0.4, -0.2) is 68.0 Å². The molecule has 1 atom stereocenters. The first-order valence-electron chi connectivity index (χ1n) is 9.47. The Bertz CT molecular complexity index is 1160. The number of ether oxygens (including phenoxy) is 2. The fourth-order valence-corrected chi connectivity index (χ4v) is 5.24. The Morgan fingerprint density at radius 2 is 1.97 bits per heavy atom. The smallest absolute Gasteiger partial charge is 0.265 e. The number of hydrogen-bond donors (Lipinski definition) is 1. The molecule has 1 aromatic heterocycles. The van der Waals surface area contributed by atoms with Crippen LogP contribution in [-0.2, 0) is 24.3 Å². The number of nitrogens with one attached hydrogen (secondary N) is 1. The molecule has 0 bridgehead atoms. The molecule has 3 rings (SSSR count). The summed E-state index contributed by atoms with van der Waals surface area (Å²) in [5.41, 5.74) is 0.315. The van der Waals surface area contributed by atoms with Gasteiger partial charge in [-0.25, -0.2) is 12.7 Å². The number of nitrogens with zero attached hydrogens (tertiary/aromatic N) is 2. The molecule has 1 N–H and O–H groups in total. The van der Waals surface area contributed by atoms with Crippen molar-refractivity contribution < 1.29 is 32.3 Å². The molecule has 1 aromatic rings. The topological polar surface area (TPSA) is 122 Å². The summed E-state index contributed by atoms with van der Waals surface area (Å²) in [6.45, 7) is 6.94. The molecular formula is C20H23N3O7S2. The number of amides is 3. The van der Waals surface area contributed by atoms with Gasteiger partial charge in [-0.3, -0.25) is 19.3 Å². The number of fused-ring (bicyclic) bond motifs is 1. The summed E-state index contributed by atoms with van der Waals surface area (Å²) in [5.74, 6) is -1.58. The molecule has 1 saturated heterocycles. The third kappa shape index (κ3) is 4.33. The van der Waals surface area contributed by atoms with Crippen molar-refractivity contribution in [3.63, 3.8) is 0 Å². The number of anilines is 1. The van der Waals surface area contributed by atoms with Gasteiger partial charge in [0.2, 0.25) is 22.7 Å². The van der Waals surface area contributed by atoms with Crippen molar-refractivity contribution >= 4 is 44.1 Å². The number of imide groups is 1. The van der Waals surface area contributed by atoms with Gasteiger partial charge in [0.15, 0.2) is 11.5 Å². The molecule has 0 unspecified atom stereocenters. The molecule has 3 heterocycles. The summed E-state index contributed by atoms with van der Waals surface area (Å²) >= 11 is 1.05. The van der Waals surface area contributed by atoms with Crippen molar-refractivity contribution in [1.82, 2.24) is 9.21 Å². The van der Waals surface area contributed by atoms with Crippen LogP contribution in [0.3, 0.4) is 0 Å². The van der Waals surface area contributed by atoms with Gasteiger partial charge in [-0.05, 0) is 24.6 Å². The van der Waals surface area contributed by atoms with E-state index in [0.29, 0.717) is 11.5 Å². The number of rotatable bonds is 7. The highest BCUT2D eigenvalue weighted by Crippen LogP contribution is 2.37. The number of hydrogen-bond acceptors (Lipinski definition) is 8. The van der Waals surface area contributed by atoms with Gasteiger partial charge in [-0.15, -0.1) is 11.3 Å². The zero-order valence-electron chi connectivity index (χ0n) is 18.0. The second kappa shape index (κ2) is 8.88. The monoisotopic (exact) mass is 481 g/mol. The van der Waals surface area contributed by atoms with E-state index in [9.17, 15) is 22.8 Å². The highest BCUT2D eigenvalue weighted by atomic mass is 32.2. The lowest BCUT2D eigenvalue weighted by Gasteiger charge is -2.28. The van der Waals surface area contributed by atoms with Crippen LogP contribution in [0.2, 0.25) is 0 Å². The zero-order valence-corrected chi connectivity index (χ0v) is 19.6. The van der Waals surface area contributed by atoms with Crippen LogP contribution in [0.5, 0.6) is 0 Å². The Kier molecular flexibility index (Phi) is 6.58. The standard InChI is InChI=1S/C20H23N3O7S2/c1-6-15-16(30-10-29-15)7-11(2)14(9-32(27,28)22(4)5)23-19(25)13-8-31-18(21-12(3)24)17(13)20(23)26/h6-8,14H,2,9-10H2,1,3-5H3,(H,21,24)/b15-6+,16-7+/t14-/m1/s1. The van der Waals surface area contributed by atoms with Gasteiger partial charge < -0.3 is 14.8 Å². The Balaban J connectivity index is 2.04. The molecule has 0 aliphatic carbocycles.